The molecule has 4 nitrogen and oxygen atoms in total. The van der Waals surface area contributed by atoms with E-state index < -0.39 is 6.36 Å². The third kappa shape index (κ3) is 3.10. The summed E-state index contributed by atoms with van der Waals surface area (Å²) >= 11 is 6.20. The lowest BCUT2D eigenvalue weighted by Crippen LogP contribution is -2.17. The number of halogens is 4. The van der Waals surface area contributed by atoms with Crippen LogP contribution in [0.3, 0.4) is 0 Å². The maximum atomic E-state index is 12.2. The van der Waals surface area contributed by atoms with Crippen molar-refractivity contribution in [2.24, 2.45) is 0 Å². The van der Waals surface area contributed by atoms with Crippen LogP contribution in [0, 0.1) is 0 Å². The van der Waals surface area contributed by atoms with Crippen LogP contribution >= 0.6 is 11.6 Å². The van der Waals surface area contributed by atoms with Gasteiger partial charge in [-0.15, -0.1) is 13.2 Å². The van der Waals surface area contributed by atoms with Gasteiger partial charge in [-0.05, 0) is 36.8 Å². The van der Waals surface area contributed by atoms with Crippen LogP contribution in [-0.4, -0.2) is 21.1 Å². The quantitative estimate of drug-likeness (QED) is 0.702. The van der Waals surface area contributed by atoms with Crippen molar-refractivity contribution in [1.82, 2.24) is 14.8 Å². The number of nitrogens with zero attached hydrogens (tertiary/aromatic N) is 3. The average Bonchev–Trinajstić information content (AvgIpc) is 2.87. The summed E-state index contributed by atoms with van der Waals surface area (Å²) in [6.07, 6.45) is -2.50. The third-order valence-electron chi connectivity index (χ3n) is 3.24. The van der Waals surface area contributed by atoms with Crippen molar-refractivity contribution in [3.63, 3.8) is 0 Å². The number of alkyl halides is 3. The Morgan fingerprint density at radius 3 is 2.48 bits per heavy atom. The van der Waals surface area contributed by atoms with Crippen molar-refractivity contribution in [2.75, 3.05) is 0 Å². The fourth-order valence-corrected chi connectivity index (χ4v) is 2.54. The zero-order valence-corrected chi connectivity index (χ0v) is 12.7. The van der Waals surface area contributed by atoms with Crippen LogP contribution in [0.25, 0.3) is 16.7 Å². The van der Waals surface area contributed by atoms with Crippen molar-refractivity contribution in [3.8, 4) is 11.4 Å². The minimum absolute atomic E-state index is 0.292. The Morgan fingerprint density at radius 1 is 1.17 bits per heavy atom. The highest BCUT2D eigenvalue weighted by atomic mass is 35.5. The molecule has 23 heavy (non-hydrogen) atoms. The van der Waals surface area contributed by atoms with E-state index in [2.05, 4.69) is 14.8 Å². The van der Waals surface area contributed by atoms with Gasteiger partial charge in [-0.25, -0.2) is 9.67 Å². The first-order chi connectivity index (χ1) is 10.9. The molecular formula is C15H11ClF3N3O. The van der Waals surface area contributed by atoms with E-state index in [1.165, 1.54) is 24.3 Å². The van der Waals surface area contributed by atoms with Gasteiger partial charge >= 0.3 is 6.36 Å². The minimum atomic E-state index is -4.72. The zero-order chi connectivity index (χ0) is 16.6. The van der Waals surface area contributed by atoms with E-state index in [1.807, 2.05) is 6.92 Å². The lowest BCUT2D eigenvalue weighted by molar-refractivity contribution is -0.274. The zero-order valence-electron chi connectivity index (χ0n) is 11.9. The van der Waals surface area contributed by atoms with Gasteiger partial charge in [-0.1, -0.05) is 18.5 Å². The number of benzene rings is 1. The third-order valence-corrected chi connectivity index (χ3v) is 3.55. The summed E-state index contributed by atoms with van der Waals surface area (Å²) in [6.45, 7) is 1.94. The van der Waals surface area contributed by atoms with Crippen molar-refractivity contribution in [1.29, 1.82) is 0 Å². The molecule has 3 aromatic rings. The molecule has 0 atom stereocenters. The van der Waals surface area contributed by atoms with E-state index in [4.69, 9.17) is 11.6 Å². The van der Waals surface area contributed by atoms with Gasteiger partial charge in [0.15, 0.2) is 5.65 Å². The highest BCUT2D eigenvalue weighted by Crippen LogP contribution is 2.29. The molecule has 8 heteroatoms. The summed E-state index contributed by atoms with van der Waals surface area (Å²) in [6, 6.07) is 7.10. The Labute approximate surface area is 134 Å². The lowest BCUT2D eigenvalue weighted by Gasteiger charge is -2.09. The van der Waals surface area contributed by atoms with Crippen LogP contribution in [0.2, 0.25) is 5.02 Å². The Morgan fingerprint density at radius 2 is 1.87 bits per heavy atom. The summed E-state index contributed by atoms with van der Waals surface area (Å²) in [5, 5.41) is 5.73. The second kappa shape index (κ2) is 5.73. The topological polar surface area (TPSA) is 39.9 Å². The molecule has 0 bridgehead atoms. The monoisotopic (exact) mass is 341 g/mol. The van der Waals surface area contributed by atoms with Crippen LogP contribution < -0.4 is 4.74 Å². The molecule has 120 valence electrons. The predicted octanol–water partition coefficient (Wildman–Crippen LogP) is 4.53. The smallest absolute Gasteiger partial charge is 0.406 e. The molecule has 0 spiro atoms. The van der Waals surface area contributed by atoms with Gasteiger partial charge in [-0.2, -0.15) is 5.10 Å². The number of aryl methyl sites for hydroxylation is 1. The van der Waals surface area contributed by atoms with Crippen LogP contribution in [-0.2, 0) is 6.42 Å². The van der Waals surface area contributed by atoms with Crippen molar-refractivity contribution >= 4 is 22.6 Å². The molecule has 0 saturated carbocycles. The minimum Gasteiger partial charge on any atom is -0.406 e. The molecular weight excluding hydrogens is 331 g/mol. The Bertz CT molecular complexity index is 844. The molecule has 0 aliphatic heterocycles. The largest absolute Gasteiger partial charge is 0.573 e. The molecule has 3 rings (SSSR count). The molecule has 1 aromatic carbocycles. The predicted molar refractivity (Wildman–Crippen MR) is 79.9 cm³/mol. The van der Waals surface area contributed by atoms with Crippen molar-refractivity contribution < 1.29 is 17.9 Å². The molecule has 0 amide bonds. The summed E-state index contributed by atoms with van der Waals surface area (Å²) in [5.74, 6) is -0.292. The van der Waals surface area contributed by atoms with E-state index in [-0.39, 0.29) is 5.75 Å². The SMILES string of the molecule is CCc1nn(-c2ccc(OC(F)(F)F)cc2)c2nccc(Cl)c12. The van der Waals surface area contributed by atoms with Gasteiger partial charge in [0.25, 0.3) is 0 Å². The first-order valence-electron chi connectivity index (χ1n) is 6.77. The van der Waals surface area contributed by atoms with Crippen LogP contribution in [0.15, 0.2) is 36.5 Å². The van der Waals surface area contributed by atoms with Gasteiger partial charge in [0.05, 0.1) is 21.8 Å². The van der Waals surface area contributed by atoms with E-state index in [0.717, 1.165) is 11.1 Å². The Kier molecular flexibility index (Phi) is 3.89. The molecule has 2 aromatic heterocycles. The molecule has 0 fully saturated rings. The number of rotatable bonds is 3. The van der Waals surface area contributed by atoms with Crippen LogP contribution in [0.5, 0.6) is 5.75 Å². The lowest BCUT2D eigenvalue weighted by atomic mass is 10.2. The normalized spacial score (nSPS) is 11.9. The van der Waals surface area contributed by atoms with Gasteiger partial charge in [-0.3, -0.25) is 0 Å². The van der Waals surface area contributed by atoms with Crippen molar-refractivity contribution in [3.05, 3.63) is 47.2 Å². The molecule has 0 unspecified atom stereocenters. The first-order valence-corrected chi connectivity index (χ1v) is 7.15. The Balaban J connectivity index is 2.05. The average molecular weight is 342 g/mol. The molecule has 2 heterocycles. The van der Waals surface area contributed by atoms with Gasteiger partial charge in [0.1, 0.15) is 5.75 Å². The van der Waals surface area contributed by atoms with Gasteiger partial charge < -0.3 is 4.74 Å². The maximum Gasteiger partial charge on any atom is 0.573 e. The molecule has 0 aliphatic rings. The van der Waals surface area contributed by atoms with Crippen molar-refractivity contribution in [2.45, 2.75) is 19.7 Å². The summed E-state index contributed by atoms with van der Waals surface area (Å²) in [7, 11) is 0. The molecule has 0 aliphatic carbocycles. The first kappa shape index (κ1) is 15.6. The number of pyridine rings is 1. The highest BCUT2D eigenvalue weighted by molar-refractivity contribution is 6.35. The number of hydrogen-bond donors (Lipinski definition) is 0. The standard InChI is InChI=1S/C15H11ClF3N3O/c1-2-12-13-11(16)7-8-20-14(13)22(21-12)9-3-5-10(6-4-9)23-15(17,18)19/h3-8H,2H2,1H3. The summed E-state index contributed by atoms with van der Waals surface area (Å²) < 4.78 is 42.0. The number of ether oxygens (including phenoxy) is 1. The Hall–Kier alpha value is -2.28. The summed E-state index contributed by atoms with van der Waals surface area (Å²) in [5.41, 5.74) is 1.89. The number of fused-ring (bicyclic) bond motifs is 1. The van der Waals surface area contributed by atoms with Gasteiger partial charge in [0, 0.05) is 6.20 Å². The summed E-state index contributed by atoms with van der Waals surface area (Å²) in [4.78, 5) is 4.27. The van der Waals surface area contributed by atoms with E-state index in [9.17, 15) is 13.2 Å². The fourth-order valence-electron chi connectivity index (χ4n) is 2.29. The molecule has 0 N–H and O–H groups in total. The van der Waals surface area contributed by atoms with E-state index in [1.54, 1.807) is 16.9 Å². The van der Waals surface area contributed by atoms with Crippen LogP contribution in [0.4, 0.5) is 13.2 Å². The van der Waals surface area contributed by atoms with Gasteiger partial charge in [0.2, 0.25) is 0 Å². The van der Waals surface area contributed by atoms with E-state index in [0.29, 0.717) is 22.8 Å². The fraction of sp³-hybridized carbons (Fsp3) is 0.200. The molecule has 0 radical (unpaired) electrons. The number of aromatic nitrogens is 3. The second-order valence-electron chi connectivity index (χ2n) is 4.75. The van der Waals surface area contributed by atoms with E-state index >= 15 is 0 Å². The maximum absolute atomic E-state index is 12.2. The second-order valence-corrected chi connectivity index (χ2v) is 5.15. The number of hydrogen-bond acceptors (Lipinski definition) is 3. The van der Waals surface area contributed by atoms with Crippen LogP contribution in [0.1, 0.15) is 12.6 Å². The molecule has 0 saturated heterocycles. The highest BCUT2D eigenvalue weighted by Gasteiger charge is 2.31.